The summed E-state index contributed by atoms with van der Waals surface area (Å²) in [4.78, 5) is 4.29. The van der Waals surface area contributed by atoms with E-state index in [0.29, 0.717) is 11.7 Å². The van der Waals surface area contributed by atoms with E-state index in [1.807, 2.05) is 19.2 Å². The van der Waals surface area contributed by atoms with E-state index in [2.05, 4.69) is 20.7 Å². The van der Waals surface area contributed by atoms with Crippen LogP contribution in [0, 0.1) is 6.92 Å². The molecule has 1 aliphatic carbocycles. The summed E-state index contributed by atoms with van der Waals surface area (Å²) < 4.78 is 4.25. The Labute approximate surface area is 110 Å². The molecule has 0 unspecified atom stereocenters. The second-order valence-corrected chi connectivity index (χ2v) is 5.52. The molecule has 2 aromatic rings. The standard InChI is InChI=1S/C13H16N4S/c1-8-2-3-9(6-15-8)7-16-13-11(10-4-5-10)12(14)17-18-13/h2-3,6,10,16H,4-5,7H2,1H3,(H2,14,17). The van der Waals surface area contributed by atoms with Gasteiger partial charge in [-0.25, -0.2) is 0 Å². The van der Waals surface area contributed by atoms with E-state index in [1.165, 1.54) is 35.5 Å². The Morgan fingerprint density at radius 1 is 1.44 bits per heavy atom. The summed E-state index contributed by atoms with van der Waals surface area (Å²) in [5, 5.41) is 4.55. The number of nitrogens with two attached hydrogens (primary N) is 1. The Hall–Kier alpha value is -1.62. The van der Waals surface area contributed by atoms with Crippen LogP contribution >= 0.6 is 11.5 Å². The van der Waals surface area contributed by atoms with Crippen molar-refractivity contribution in [2.75, 3.05) is 11.1 Å². The highest BCUT2D eigenvalue weighted by Crippen LogP contribution is 2.47. The van der Waals surface area contributed by atoms with Crippen LogP contribution in [0.3, 0.4) is 0 Å². The third-order valence-electron chi connectivity index (χ3n) is 3.17. The molecule has 1 aliphatic rings. The number of aryl methyl sites for hydroxylation is 1. The van der Waals surface area contributed by atoms with Crippen LogP contribution in [0.15, 0.2) is 18.3 Å². The normalized spacial score (nSPS) is 14.7. The van der Waals surface area contributed by atoms with E-state index in [-0.39, 0.29) is 0 Å². The number of nitrogens with one attached hydrogen (secondary N) is 1. The van der Waals surface area contributed by atoms with Crippen LogP contribution in [0.1, 0.15) is 35.6 Å². The van der Waals surface area contributed by atoms with Gasteiger partial charge in [-0.15, -0.1) is 0 Å². The molecule has 2 aromatic heterocycles. The molecule has 0 aromatic carbocycles. The van der Waals surface area contributed by atoms with Gasteiger partial charge in [0, 0.05) is 24.0 Å². The number of rotatable bonds is 4. The van der Waals surface area contributed by atoms with Crippen molar-refractivity contribution in [2.24, 2.45) is 0 Å². The quantitative estimate of drug-likeness (QED) is 0.887. The second kappa shape index (κ2) is 4.57. The molecule has 0 aliphatic heterocycles. The highest BCUT2D eigenvalue weighted by Gasteiger charge is 2.30. The molecular formula is C13H16N4S. The van der Waals surface area contributed by atoms with Crippen molar-refractivity contribution in [1.82, 2.24) is 9.36 Å². The van der Waals surface area contributed by atoms with Gasteiger partial charge in [-0.2, -0.15) is 4.37 Å². The molecule has 0 saturated heterocycles. The Kier molecular flexibility index (Phi) is 2.91. The average molecular weight is 260 g/mol. The number of anilines is 2. The average Bonchev–Trinajstić information content (AvgIpc) is 3.13. The molecule has 3 N–H and O–H groups in total. The topological polar surface area (TPSA) is 63.8 Å². The molecule has 0 bridgehead atoms. The molecule has 0 amide bonds. The van der Waals surface area contributed by atoms with Crippen LogP contribution in [0.2, 0.25) is 0 Å². The number of hydrogen-bond donors (Lipinski definition) is 2. The fourth-order valence-electron chi connectivity index (χ4n) is 1.99. The predicted molar refractivity (Wildman–Crippen MR) is 74.8 cm³/mol. The minimum atomic E-state index is 0.627. The molecule has 0 atom stereocenters. The van der Waals surface area contributed by atoms with E-state index in [1.54, 1.807) is 0 Å². The molecule has 2 heterocycles. The molecule has 18 heavy (non-hydrogen) atoms. The zero-order valence-corrected chi connectivity index (χ0v) is 11.1. The maximum atomic E-state index is 5.92. The third kappa shape index (κ3) is 2.31. The molecule has 1 saturated carbocycles. The first-order valence-corrected chi connectivity index (χ1v) is 6.92. The van der Waals surface area contributed by atoms with Crippen molar-refractivity contribution in [2.45, 2.75) is 32.2 Å². The van der Waals surface area contributed by atoms with Gasteiger partial charge in [0.25, 0.3) is 0 Å². The van der Waals surface area contributed by atoms with E-state index in [9.17, 15) is 0 Å². The SMILES string of the molecule is Cc1ccc(CNc2snc(N)c2C2CC2)cn1. The summed E-state index contributed by atoms with van der Waals surface area (Å²) in [7, 11) is 0. The number of nitrogen functional groups attached to an aromatic ring is 1. The van der Waals surface area contributed by atoms with Gasteiger partial charge in [0.05, 0.1) is 0 Å². The molecule has 0 spiro atoms. The first-order chi connectivity index (χ1) is 8.74. The maximum Gasteiger partial charge on any atom is 0.142 e. The third-order valence-corrected chi connectivity index (χ3v) is 4.00. The van der Waals surface area contributed by atoms with Gasteiger partial charge in [0.2, 0.25) is 0 Å². The summed E-state index contributed by atoms with van der Waals surface area (Å²) in [6.07, 6.45) is 4.39. The van der Waals surface area contributed by atoms with Gasteiger partial charge < -0.3 is 11.1 Å². The van der Waals surface area contributed by atoms with Crippen molar-refractivity contribution in [1.29, 1.82) is 0 Å². The Bertz CT molecular complexity index is 543. The van der Waals surface area contributed by atoms with E-state index < -0.39 is 0 Å². The number of hydrogen-bond acceptors (Lipinski definition) is 5. The lowest BCUT2D eigenvalue weighted by atomic mass is 10.2. The Morgan fingerprint density at radius 2 is 2.28 bits per heavy atom. The first kappa shape index (κ1) is 11.5. The number of nitrogens with zero attached hydrogens (tertiary/aromatic N) is 2. The smallest absolute Gasteiger partial charge is 0.142 e. The van der Waals surface area contributed by atoms with Crippen molar-refractivity contribution in [3.05, 3.63) is 35.2 Å². The summed E-state index contributed by atoms with van der Waals surface area (Å²) >= 11 is 1.46. The zero-order chi connectivity index (χ0) is 12.5. The lowest BCUT2D eigenvalue weighted by Gasteiger charge is -2.06. The minimum absolute atomic E-state index is 0.627. The molecule has 0 radical (unpaired) electrons. The van der Waals surface area contributed by atoms with Crippen LogP contribution in [-0.2, 0) is 6.54 Å². The summed E-state index contributed by atoms with van der Waals surface area (Å²) in [6, 6.07) is 4.12. The highest BCUT2D eigenvalue weighted by atomic mass is 32.1. The highest BCUT2D eigenvalue weighted by molar-refractivity contribution is 7.10. The molecule has 3 rings (SSSR count). The first-order valence-electron chi connectivity index (χ1n) is 6.14. The van der Waals surface area contributed by atoms with Gasteiger partial charge in [0.1, 0.15) is 10.8 Å². The fraction of sp³-hybridized carbons (Fsp3) is 0.385. The van der Waals surface area contributed by atoms with Crippen LogP contribution in [0.25, 0.3) is 0 Å². The van der Waals surface area contributed by atoms with Gasteiger partial charge >= 0.3 is 0 Å². The molecule has 4 nitrogen and oxygen atoms in total. The molecule has 94 valence electrons. The van der Waals surface area contributed by atoms with Gasteiger partial charge in [-0.1, -0.05) is 6.07 Å². The lowest BCUT2D eigenvalue weighted by Crippen LogP contribution is -2.01. The van der Waals surface area contributed by atoms with E-state index in [0.717, 1.165) is 17.2 Å². The van der Waals surface area contributed by atoms with Crippen LogP contribution < -0.4 is 11.1 Å². The Morgan fingerprint density at radius 3 is 2.94 bits per heavy atom. The second-order valence-electron chi connectivity index (χ2n) is 4.75. The summed E-state index contributed by atoms with van der Waals surface area (Å²) in [6.45, 7) is 2.76. The van der Waals surface area contributed by atoms with Crippen molar-refractivity contribution in [3.8, 4) is 0 Å². The monoisotopic (exact) mass is 260 g/mol. The van der Waals surface area contributed by atoms with E-state index >= 15 is 0 Å². The van der Waals surface area contributed by atoms with Gasteiger partial charge in [0.15, 0.2) is 0 Å². The van der Waals surface area contributed by atoms with Crippen molar-refractivity contribution in [3.63, 3.8) is 0 Å². The van der Waals surface area contributed by atoms with Crippen molar-refractivity contribution >= 4 is 22.4 Å². The molecule has 5 heteroatoms. The van der Waals surface area contributed by atoms with Crippen LogP contribution in [0.4, 0.5) is 10.8 Å². The van der Waals surface area contributed by atoms with Crippen molar-refractivity contribution < 1.29 is 0 Å². The number of aromatic nitrogens is 2. The number of pyridine rings is 1. The van der Waals surface area contributed by atoms with E-state index in [4.69, 9.17) is 5.73 Å². The fourth-order valence-corrected chi connectivity index (χ4v) is 2.78. The largest absolute Gasteiger partial charge is 0.383 e. The van der Waals surface area contributed by atoms with Gasteiger partial charge in [-0.05, 0) is 48.8 Å². The molecule has 1 fully saturated rings. The summed E-state index contributed by atoms with van der Waals surface area (Å²) in [5.41, 5.74) is 9.36. The Balaban J connectivity index is 1.71. The lowest BCUT2D eigenvalue weighted by molar-refractivity contribution is 1.07. The predicted octanol–water partition coefficient (Wildman–Crippen LogP) is 2.92. The maximum absolute atomic E-state index is 5.92. The summed E-state index contributed by atoms with van der Waals surface area (Å²) in [5.74, 6) is 1.33. The van der Waals surface area contributed by atoms with Crippen LogP contribution in [-0.4, -0.2) is 9.36 Å². The van der Waals surface area contributed by atoms with Gasteiger partial charge in [-0.3, -0.25) is 4.98 Å². The van der Waals surface area contributed by atoms with Crippen LogP contribution in [0.5, 0.6) is 0 Å². The molecular weight excluding hydrogens is 244 g/mol. The minimum Gasteiger partial charge on any atom is -0.383 e. The zero-order valence-electron chi connectivity index (χ0n) is 10.3.